The van der Waals surface area contributed by atoms with Crippen LogP contribution in [0.5, 0.6) is 11.5 Å². The largest absolute Gasteiger partial charge is 0.493 e. The molecule has 0 bridgehead atoms. The molecule has 0 unspecified atom stereocenters. The first-order chi connectivity index (χ1) is 8.38. The van der Waals surface area contributed by atoms with E-state index in [9.17, 15) is 4.79 Å². The summed E-state index contributed by atoms with van der Waals surface area (Å²) >= 11 is 0. The molecule has 5 nitrogen and oxygen atoms in total. The Morgan fingerprint density at radius 3 is 2.56 bits per heavy atom. The Morgan fingerprint density at radius 1 is 1.39 bits per heavy atom. The molecule has 0 heterocycles. The second kappa shape index (κ2) is 5.73. The van der Waals surface area contributed by atoms with Crippen LogP contribution in [0.2, 0.25) is 0 Å². The molecule has 0 spiro atoms. The molecule has 0 saturated carbocycles. The minimum Gasteiger partial charge on any atom is -0.493 e. The lowest BCUT2D eigenvalue weighted by Crippen LogP contribution is -2.45. The minimum atomic E-state index is -0.925. The van der Waals surface area contributed by atoms with E-state index < -0.39 is 5.54 Å². The highest BCUT2D eigenvalue weighted by Gasteiger charge is 2.22. The molecule has 1 aromatic rings. The van der Waals surface area contributed by atoms with Crippen LogP contribution >= 0.6 is 0 Å². The van der Waals surface area contributed by atoms with E-state index in [0.29, 0.717) is 23.8 Å². The van der Waals surface area contributed by atoms with E-state index in [1.807, 2.05) is 6.92 Å². The molecule has 1 rings (SSSR count). The van der Waals surface area contributed by atoms with Crippen LogP contribution in [0.25, 0.3) is 0 Å². The Balaban J connectivity index is 2.91. The fraction of sp³-hybridized carbons (Fsp3) is 0.462. The number of carbonyl (C=O) groups is 1. The van der Waals surface area contributed by atoms with Crippen LogP contribution in [0.4, 0.5) is 5.69 Å². The summed E-state index contributed by atoms with van der Waals surface area (Å²) in [7, 11) is 1.57. The van der Waals surface area contributed by atoms with Gasteiger partial charge in [0.2, 0.25) is 5.91 Å². The summed E-state index contributed by atoms with van der Waals surface area (Å²) in [5.74, 6) is 0.963. The van der Waals surface area contributed by atoms with Crippen molar-refractivity contribution in [2.24, 2.45) is 5.73 Å². The number of anilines is 1. The first kappa shape index (κ1) is 14.3. The highest BCUT2D eigenvalue weighted by atomic mass is 16.5. The van der Waals surface area contributed by atoms with Gasteiger partial charge < -0.3 is 20.5 Å². The van der Waals surface area contributed by atoms with Gasteiger partial charge in [0.25, 0.3) is 0 Å². The Bertz CT molecular complexity index is 425. The van der Waals surface area contributed by atoms with Crippen molar-refractivity contribution >= 4 is 11.6 Å². The van der Waals surface area contributed by atoms with Crippen LogP contribution in [0, 0.1) is 0 Å². The standard InChI is InChI=1S/C13H20N2O3/c1-5-18-11-8-9(6-7-10(11)17-4)15-12(16)13(2,3)14/h6-8H,5,14H2,1-4H3,(H,15,16). The third-order valence-corrected chi connectivity index (χ3v) is 2.31. The van der Waals surface area contributed by atoms with E-state index in [0.717, 1.165) is 0 Å². The lowest BCUT2D eigenvalue weighted by Gasteiger charge is -2.18. The highest BCUT2D eigenvalue weighted by molar-refractivity contribution is 5.97. The quantitative estimate of drug-likeness (QED) is 0.837. The van der Waals surface area contributed by atoms with Crippen LogP contribution in [0.1, 0.15) is 20.8 Å². The molecule has 1 amide bonds. The molecule has 0 aliphatic heterocycles. The fourth-order valence-corrected chi connectivity index (χ4v) is 1.31. The first-order valence-corrected chi connectivity index (χ1v) is 5.79. The molecule has 18 heavy (non-hydrogen) atoms. The number of ether oxygens (including phenoxy) is 2. The molecule has 1 aromatic carbocycles. The summed E-state index contributed by atoms with van der Waals surface area (Å²) in [4.78, 5) is 11.7. The number of benzene rings is 1. The zero-order valence-corrected chi connectivity index (χ0v) is 11.2. The van der Waals surface area contributed by atoms with Gasteiger partial charge in [-0.1, -0.05) is 0 Å². The lowest BCUT2D eigenvalue weighted by atomic mass is 10.1. The van der Waals surface area contributed by atoms with Gasteiger partial charge in [-0.25, -0.2) is 0 Å². The normalized spacial score (nSPS) is 10.9. The summed E-state index contributed by atoms with van der Waals surface area (Å²) in [6.45, 7) is 5.70. The summed E-state index contributed by atoms with van der Waals surface area (Å²) in [6.07, 6.45) is 0. The second-order valence-corrected chi connectivity index (χ2v) is 4.47. The number of carbonyl (C=O) groups excluding carboxylic acids is 1. The third kappa shape index (κ3) is 3.63. The summed E-state index contributed by atoms with van der Waals surface area (Å²) < 4.78 is 10.6. The zero-order valence-electron chi connectivity index (χ0n) is 11.2. The average molecular weight is 252 g/mol. The Labute approximate surface area is 107 Å². The number of methoxy groups -OCH3 is 1. The molecule has 0 aliphatic rings. The molecule has 3 N–H and O–H groups in total. The first-order valence-electron chi connectivity index (χ1n) is 5.79. The van der Waals surface area contributed by atoms with Crippen LogP contribution in [-0.4, -0.2) is 25.2 Å². The van der Waals surface area contributed by atoms with Crippen molar-refractivity contribution in [1.82, 2.24) is 0 Å². The maximum absolute atomic E-state index is 11.7. The number of hydrogen-bond acceptors (Lipinski definition) is 4. The van der Waals surface area contributed by atoms with E-state index in [1.54, 1.807) is 39.2 Å². The number of nitrogens with two attached hydrogens (primary N) is 1. The third-order valence-electron chi connectivity index (χ3n) is 2.31. The predicted octanol–water partition coefficient (Wildman–Crippen LogP) is 1.77. The smallest absolute Gasteiger partial charge is 0.243 e. The molecule has 5 heteroatoms. The molecule has 0 radical (unpaired) electrons. The van der Waals surface area contributed by atoms with Crippen LogP contribution in [0.15, 0.2) is 18.2 Å². The van der Waals surface area contributed by atoms with Crippen molar-refractivity contribution in [3.8, 4) is 11.5 Å². The minimum absolute atomic E-state index is 0.255. The van der Waals surface area contributed by atoms with Crippen molar-refractivity contribution in [2.75, 3.05) is 19.0 Å². The van der Waals surface area contributed by atoms with Gasteiger partial charge in [-0.15, -0.1) is 0 Å². The van der Waals surface area contributed by atoms with E-state index in [2.05, 4.69) is 5.32 Å². The van der Waals surface area contributed by atoms with Crippen molar-refractivity contribution in [3.05, 3.63) is 18.2 Å². The van der Waals surface area contributed by atoms with E-state index in [4.69, 9.17) is 15.2 Å². The molecule has 0 atom stereocenters. The highest BCUT2D eigenvalue weighted by Crippen LogP contribution is 2.30. The average Bonchev–Trinajstić information content (AvgIpc) is 2.28. The van der Waals surface area contributed by atoms with E-state index in [1.165, 1.54) is 0 Å². The molecular weight excluding hydrogens is 232 g/mol. The zero-order chi connectivity index (χ0) is 13.8. The predicted molar refractivity (Wildman–Crippen MR) is 71.1 cm³/mol. The van der Waals surface area contributed by atoms with Crippen molar-refractivity contribution < 1.29 is 14.3 Å². The molecular formula is C13H20N2O3. The topological polar surface area (TPSA) is 73.6 Å². The van der Waals surface area contributed by atoms with Crippen molar-refractivity contribution in [1.29, 1.82) is 0 Å². The van der Waals surface area contributed by atoms with Gasteiger partial charge in [0.1, 0.15) is 0 Å². The molecule has 0 aromatic heterocycles. The van der Waals surface area contributed by atoms with Gasteiger partial charge in [0.05, 0.1) is 19.3 Å². The lowest BCUT2D eigenvalue weighted by molar-refractivity contribution is -0.120. The number of nitrogens with one attached hydrogen (secondary N) is 1. The van der Waals surface area contributed by atoms with Gasteiger partial charge in [-0.05, 0) is 32.9 Å². The maximum atomic E-state index is 11.7. The fourth-order valence-electron chi connectivity index (χ4n) is 1.31. The summed E-state index contributed by atoms with van der Waals surface area (Å²) in [5.41, 5.74) is 5.41. The monoisotopic (exact) mass is 252 g/mol. The van der Waals surface area contributed by atoms with Gasteiger partial charge in [-0.2, -0.15) is 0 Å². The van der Waals surface area contributed by atoms with Gasteiger partial charge in [-0.3, -0.25) is 4.79 Å². The summed E-state index contributed by atoms with van der Waals surface area (Å²) in [5, 5.41) is 2.73. The molecule has 0 aliphatic carbocycles. The Kier molecular flexibility index (Phi) is 4.55. The number of rotatable bonds is 5. The Morgan fingerprint density at radius 2 is 2.06 bits per heavy atom. The Hall–Kier alpha value is -1.75. The molecule has 100 valence electrons. The number of amides is 1. The van der Waals surface area contributed by atoms with Gasteiger partial charge in [0, 0.05) is 11.8 Å². The second-order valence-electron chi connectivity index (χ2n) is 4.47. The number of hydrogen-bond donors (Lipinski definition) is 2. The van der Waals surface area contributed by atoms with Gasteiger partial charge >= 0.3 is 0 Å². The van der Waals surface area contributed by atoms with Crippen molar-refractivity contribution in [3.63, 3.8) is 0 Å². The van der Waals surface area contributed by atoms with Crippen LogP contribution in [0.3, 0.4) is 0 Å². The van der Waals surface area contributed by atoms with Gasteiger partial charge in [0.15, 0.2) is 11.5 Å². The van der Waals surface area contributed by atoms with Crippen LogP contribution in [-0.2, 0) is 4.79 Å². The van der Waals surface area contributed by atoms with E-state index in [-0.39, 0.29) is 5.91 Å². The SMILES string of the molecule is CCOc1cc(NC(=O)C(C)(C)N)ccc1OC. The molecule has 0 saturated heterocycles. The van der Waals surface area contributed by atoms with Crippen molar-refractivity contribution in [2.45, 2.75) is 26.3 Å². The van der Waals surface area contributed by atoms with E-state index >= 15 is 0 Å². The van der Waals surface area contributed by atoms with Crippen LogP contribution < -0.4 is 20.5 Å². The molecule has 0 fully saturated rings. The maximum Gasteiger partial charge on any atom is 0.243 e. The summed E-state index contributed by atoms with van der Waals surface area (Å²) in [6, 6.07) is 5.20.